The number of hydrogen-bond acceptors (Lipinski definition) is 2. The molecule has 1 saturated heterocycles. The third-order valence-corrected chi connectivity index (χ3v) is 5.43. The zero-order chi connectivity index (χ0) is 14.2. The molecule has 0 unspecified atom stereocenters. The van der Waals surface area contributed by atoms with Crippen molar-refractivity contribution in [3.05, 3.63) is 29.6 Å². The van der Waals surface area contributed by atoms with Gasteiger partial charge in [-0.25, -0.2) is 12.8 Å². The van der Waals surface area contributed by atoms with Gasteiger partial charge in [0.15, 0.2) is 0 Å². The second kappa shape index (κ2) is 5.21. The molecule has 0 aromatic heterocycles. The largest absolute Gasteiger partial charge is 0.243 e. The highest BCUT2D eigenvalue weighted by atomic mass is 32.2. The zero-order valence-corrected chi connectivity index (χ0v) is 12.4. The summed E-state index contributed by atoms with van der Waals surface area (Å²) in [7, 11) is -3.50. The Kier molecular flexibility index (Phi) is 3.97. The summed E-state index contributed by atoms with van der Waals surface area (Å²) < 4.78 is 39.9. The quantitative estimate of drug-likeness (QED) is 0.838. The van der Waals surface area contributed by atoms with Crippen LogP contribution in [0.4, 0.5) is 4.39 Å². The molecule has 106 valence electrons. The van der Waals surface area contributed by atoms with E-state index in [1.807, 2.05) is 0 Å². The van der Waals surface area contributed by atoms with Crippen LogP contribution in [0.5, 0.6) is 0 Å². The fourth-order valence-electron chi connectivity index (χ4n) is 2.73. The van der Waals surface area contributed by atoms with Gasteiger partial charge in [0.2, 0.25) is 10.0 Å². The van der Waals surface area contributed by atoms with Crippen LogP contribution < -0.4 is 0 Å². The maximum atomic E-state index is 13.2. The van der Waals surface area contributed by atoms with Crippen LogP contribution >= 0.6 is 0 Å². The second-order valence-corrected chi connectivity index (χ2v) is 7.62. The second-order valence-electron chi connectivity index (χ2n) is 5.68. The average Bonchev–Trinajstić information content (AvgIpc) is 2.31. The average molecular weight is 285 g/mol. The lowest BCUT2D eigenvalue weighted by Gasteiger charge is -2.34. The molecule has 1 aliphatic heterocycles. The summed E-state index contributed by atoms with van der Waals surface area (Å²) in [5, 5.41) is 0. The number of nitrogens with zero attached hydrogens (tertiary/aromatic N) is 1. The molecule has 0 amide bonds. The van der Waals surface area contributed by atoms with Crippen molar-refractivity contribution in [3.63, 3.8) is 0 Å². The number of rotatable bonds is 2. The molecule has 2 rings (SSSR count). The van der Waals surface area contributed by atoms with Crippen LogP contribution in [-0.2, 0) is 10.0 Å². The highest BCUT2D eigenvalue weighted by Gasteiger charge is 2.31. The minimum atomic E-state index is -3.50. The van der Waals surface area contributed by atoms with Gasteiger partial charge in [-0.15, -0.1) is 0 Å². The molecular formula is C14H20FNO2S. The van der Waals surface area contributed by atoms with Crippen LogP contribution in [0.3, 0.4) is 0 Å². The van der Waals surface area contributed by atoms with Crippen LogP contribution in [0.2, 0.25) is 0 Å². The molecular weight excluding hydrogens is 265 g/mol. The first-order chi connectivity index (χ1) is 8.80. The summed E-state index contributed by atoms with van der Waals surface area (Å²) in [6, 6.07) is 3.98. The van der Waals surface area contributed by atoms with Crippen LogP contribution in [0.1, 0.15) is 25.8 Å². The molecule has 0 saturated carbocycles. The van der Waals surface area contributed by atoms with Gasteiger partial charge in [0, 0.05) is 13.1 Å². The predicted molar refractivity (Wildman–Crippen MR) is 72.8 cm³/mol. The molecule has 2 atom stereocenters. The normalized spacial score (nSPS) is 25.5. The summed E-state index contributed by atoms with van der Waals surface area (Å²) >= 11 is 0. The molecule has 5 heteroatoms. The van der Waals surface area contributed by atoms with Crippen LogP contribution in [0, 0.1) is 24.6 Å². The Bertz CT molecular complexity index is 561. The molecule has 1 aliphatic rings. The van der Waals surface area contributed by atoms with E-state index >= 15 is 0 Å². The van der Waals surface area contributed by atoms with Crippen molar-refractivity contribution in [2.24, 2.45) is 11.8 Å². The number of sulfonamides is 1. The van der Waals surface area contributed by atoms with E-state index in [0.29, 0.717) is 30.5 Å². The molecule has 3 nitrogen and oxygen atoms in total. The molecule has 0 aliphatic carbocycles. The van der Waals surface area contributed by atoms with Crippen LogP contribution in [0.25, 0.3) is 0 Å². The minimum absolute atomic E-state index is 0.188. The number of hydrogen-bond donors (Lipinski definition) is 0. The lowest BCUT2D eigenvalue weighted by molar-refractivity contribution is 0.222. The molecule has 0 bridgehead atoms. The third kappa shape index (κ3) is 2.98. The van der Waals surface area contributed by atoms with E-state index in [1.54, 1.807) is 6.92 Å². The molecule has 19 heavy (non-hydrogen) atoms. The maximum absolute atomic E-state index is 13.2. The monoisotopic (exact) mass is 285 g/mol. The Labute approximate surface area is 114 Å². The molecule has 1 aromatic rings. The van der Waals surface area contributed by atoms with Crippen molar-refractivity contribution in [2.45, 2.75) is 32.1 Å². The zero-order valence-electron chi connectivity index (χ0n) is 11.6. The molecule has 1 fully saturated rings. The first-order valence-electron chi connectivity index (χ1n) is 6.57. The van der Waals surface area contributed by atoms with Crippen molar-refractivity contribution in [1.82, 2.24) is 4.31 Å². The Hall–Kier alpha value is -0.940. The third-order valence-electron chi connectivity index (χ3n) is 3.60. The van der Waals surface area contributed by atoms with Crippen molar-refractivity contribution < 1.29 is 12.8 Å². The molecule has 1 heterocycles. The Morgan fingerprint density at radius 1 is 1.21 bits per heavy atom. The summed E-state index contributed by atoms with van der Waals surface area (Å²) in [6.07, 6.45) is 1.05. The summed E-state index contributed by atoms with van der Waals surface area (Å²) in [6.45, 7) is 6.80. The lowest BCUT2D eigenvalue weighted by Crippen LogP contribution is -2.42. The van der Waals surface area contributed by atoms with Gasteiger partial charge in [-0.2, -0.15) is 4.31 Å². The highest BCUT2D eigenvalue weighted by molar-refractivity contribution is 7.89. The van der Waals surface area contributed by atoms with E-state index in [-0.39, 0.29) is 10.7 Å². The lowest BCUT2D eigenvalue weighted by atomic mass is 9.94. The molecule has 0 radical (unpaired) electrons. The molecule has 1 aromatic carbocycles. The first kappa shape index (κ1) is 14.5. The SMILES string of the molecule is Cc1cc(S(=O)(=O)N2C[C@H](C)C[C@H](C)C2)ccc1F. The Morgan fingerprint density at radius 2 is 1.79 bits per heavy atom. The standard InChI is InChI=1S/C14H20FNO2S/c1-10-6-11(2)9-16(8-10)19(17,18)13-4-5-14(15)12(3)7-13/h4-5,7,10-11H,6,8-9H2,1-3H3/t10-,11+. The number of piperidine rings is 1. The fourth-order valence-corrected chi connectivity index (χ4v) is 4.49. The highest BCUT2D eigenvalue weighted by Crippen LogP contribution is 2.27. The van der Waals surface area contributed by atoms with E-state index in [2.05, 4.69) is 13.8 Å². The van der Waals surface area contributed by atoms with Crippen LogP contribution in [0.15, 0.2) is 23.1 Å². The summed E-state index contributed by atoms with van der Waals surface area (Å²) in [4.78, 5) is 0.188. The molecule has 0 spiro atoms. The van der Waals surface area contributed by atoms with Gasteiger partial charge < -0.3 is 0 Å². The van der Waals surface area contributed by atoms with Crippen molar-refractivity contribution >= 4 is 10.0 Å². The van der Waals surface area contributed by atoms with E-state index < -0.39 is 10.0 Å². The van der Waals surface area contributed by atoms with Gasteiger partial charge in [-0.3, -0.25) is 0 Å². The van der Waals surface area contributed by atoms with E-state index in [1.165, 1.54) is 22.5 Å². The van der Waals surface area contributed by atoms with Crippen LogP contribution in [-0.4, -0.2) is 25.8 Å². The van der Waals surface area contributed by atoms with Crippen molar-refractivity contribution in [1.29, 1.82) is 0 Å². The number of halogens is 1. The minimum Gasteiger partial charge on any atom is -0.207 e. The van der Waals surface area contributed by atoms with Gasteiger partial charge in [0.05, 0.1) is 4.90 Å². The van der Waals surface area contributed by atoms with E-state index in [4.69, 9.17) is 0 Å². The maximum Gasteiger partial charge on any atom is 0.243 e. The molecule has 0 N–H and O–H groups in total. The van der Waals surface area contributed by atoms with E-state index in [9.17, 15) is 12.8 Å². The van der Waals surface area contributed by atoms with Gasteiger partial charge in [0.1, 0.15) is 5.82 Å². The van der Waals surface area contributed by atoms with Gasteiger partial charge in [-0.05, 0) is 48.9 Å². The Morgan fingerprint density at radius 3 is 2.32 bits per heavy atom. The van der Waals surface area contributed by atoms with Crippen molar-refractivity contribution in [2.75, 3.05) is 13.1 Å². The van der Waals surface area contributed by atoms with Gasteiger partial charge in [-0.1, -0.05) is 13.8 Å². The van der Waals surface area contributed by atoms with E-state index in [0.717, 1.165) is 6.42 Å². The topological polar surface area (TPSA) is 37.4 Å². The van der Waals surface area contributed by atoms with Gasteiger partial charge in [0.25, 0.3) is 0 Å². The predicted octanol–water partition coefficient (Wildman–Crippen LogP) is 2.80. The Balaban J connectivity index is 2.33. The fraction of sp³-hybridized carbons (Fsp3) is 0.571. The summed E-state index contributed by atoms with van der Waals surface area (Å²) in [5.74, 6) is 0.347. The van der Waals surface area contributed by atoms with Crippen molar-refractivity contribution in [3.8, 4) is 0 Å². The van der Waals surface area contributed by atoms with Gasteiger partial charge >= 0.3 is 0 Å². The smallest absolute Gasteiger partial charge is 0.207 e. The number of benzene rings is 1. The first-order valence-corrected chi connectivity index (χ1v) is 8.01. The number of aryl methyl sites for hydroxylation is 1. The summed E-state index contributed by atoms with van der Waals surface area (Å²) in [5.41, 5.74) is 0.360.